The number of thiocarbonyl (C=S) groups is 1. The molecule has 1 N–H and O–H groups in total. The van der Waals surface area contributed by atoms with E-state index >= 15 is 0 Å². The van der Waals surface area contributed by atoms with Gasteiger partial charge >= 0.3 is 0 Å². The molecule has 0 atom stereocenters. The summed E-state index contributed by atoms with van der Waals surface area (Å²) in [4.78, 5) is 26.5. The molecule has 2 aromatic rings. The van der Waals surface area contributed by atoms with E-state index in [-0.39, 0.29) is 16.4 Å². The summed E-state index contributed by atoms with van der Waals surface area (Å²) in [6.07, 6.45) is 1.31. The molecule has 7 nitrogen and oxygen atoms in total. The van der Waals surface area contributed by atoms with Crippen LogP contribution in [-0.2, 0) is 9.59 Å². The largest absolute Gasteiger partial charge is 0.496 e. The highest BCUT2D eigenvalue weighted by Crippen LogP contribution is 2.36. The number of ether oxygens (including phenoxy) is 3. The molecule has 1 saturated heterocycles. The van der Waals surface area contributed by atoms with Gasteiger partial charge in [0.05, 0.1) is 32.6 Å². The van der Waals surface area contributed by atoms with E-state index in [2.05, 4.69) is 5.32 Å². The average molecular weight is 416 g/mol. The molecule has 0 radical (unpaired) electrons. The molecule has 3 rings (SSSR count). The Labute approximate surface area is 171 Å². The van der Waals surface area contributed by atoms with Crippen LogP contribution in [0, 0.1) is 5.82 Å². The van der Waals surface area contributed by atoms with Crippen molar-refractivity contribution >= 4 is 40.9 Å². The molecule has 0 spiro atoms. The minimum Gasteiger partial charge on any atom is -0.496 e. The highest BCUT2D eigenvalue weighted by molar-refractivity contribution is 7.80. The number of carbonyl (C=O) groups is 2. The Morgan fingerprint density at radius 1 is 1.03 bits per heavy atom. The third kappa shape index (κ3) is 3.77. The first kappa shape index (κ1) is 20.3. The van der Waals surface area contributed by atoms with E-state index < -0.39 is 17.6 Å². The van der Waals surface area contributed by atoms with E-state index in [0.717, 1.165) is 4.90 Å². The summed E-state index contributed by atoms with van der Waals surface area (Å²) >= 11 is 5.08. The van der Waals surface area contributed by atoms with Crippen LogP contribution < -0.4 is 24.4 Å². The second-order valence-corrected chi connectivity index (χ2v) is 6.24. The van der Waals surface area contributed by atoms with Gasteiger partial charge in [-0.15, -0.1) is 0 Å². The van der Waals surface area contributed by atoms with Gasteiger partial charge in [-0.25, -0.2) is 9.29 Å². The molecule has 1 heterocycles. The van der Waals surface area contributed by atoms with Crippen molar-refractivity contribution in [2.45, 2.75) is 0 Å². The number of para-hydroxylation sites is 1. The highest BCUT2D eigenvalue weighted by atomic mass is 32.1. The summed E-state index contributed by atoms with van der Waals surface area (Å²) < 4.78 is 30.1. The minimum absolute atomic E-state index is 0.0675. The Balaban J connectivity index is 2.14. The van der Waals surface area contributed by atoms with Crippen LogP contribution in [0.2, 0.25) is 0 Å². The molecule has 0 aliphatic carbocycles. The van der Waals surface area contributed by atoms with Gasteiger partial charge in [-0.3, -0.25) is 14.9 Å². The van der Waals surface area contributed by atoms with E-state index in [4.69, 9.17) is 26.4 Å². The Morgan fingerprint density at radius 2 is 1.66 bits per heavy atom. The zero-order valence-electron chi connectivity index (χ0n) is 15.8. The highest BCUT2D eigenvalue weighted by Gasteiger charge is 2.36. The van der Waals surface area contributed by atoms with Crippen molar-refractivity contribution in [3.8, 4) is 17.2 Å². The molecular formula is C20H17FN2O5S. The zero-order chi connectivity index (χ0) is 21.1. The van der Waals surface area contributed by atoms with E-state index in [1.807, 2.05) is 0 Å². The molecule has 29 heavy (non-hydrogen) atoms. The number of amides is 2. The summed E-state index contributed by atoms with van der Waals surface area (Å²) in [6, 6.07) is 8.80. The molecule has 1 fully saturated rings. The molecular weight excluding hydrogens is 399 g/mol. The van der Waals surface area contributed by atoms with Crippen molar-refractivity contribution in [3.05, 3.63) is 53.4 Å². The first-order valence-electron chi connectivity index (χ1n) is 8.37. The fourth-order valence-corrected chi connectivity index (χ4v) is 3.10. The van der Waals surface area contributed by atoms with Gasteiger partial charge in [-0.2, -0.15) is 0 Å². The number of carbonyl (C=O) groups excluding carboxylic acids is 2. The quantitative estimate of drug-likeness (QED) is 0.459. The average Bonchev–Trinajstić information content (AvgIpc) is 2.71. The lowest BCUT2D eigenvalue weighted by Crippen LogP contribution is -2.54. The van der Waals surface area contributed by atoms with E-state index in [1.54, 1.807) is 18.2 Å². The predicted octanol–water partition coefficient (Wildman–Crippen LogP) is 2.68. The van der Waals surface area contributed by atoms with Crippen molar-refractivity contribution in [2.24, 2.45) is 0 Å². The number of hydrogen-bond acceptors (Lipinski definition) is 6. The predicted molar refractivity (Wildman–Crippen MR) is 109 cm³/mol. The van der Waals surface area contributed by atoms with Gasteiger partial charge in [-0.05, 0) is 30.4 Å². The Morgan fingerprint density at radius 3 is 2.21 bits per heavy atom. The Bertz CT molecular complexity index is 1010. The molecule has 1 aliphatic rings. The molecule has 2 aromatic carbocycles. The van der Waals surface area contributed by atoms with Gasteiger partial charge in [0.25, 0.3) is 11.8 Å². The van der Waals surface area contributed by atoms with Crippen LogP contribution in [0.1, 0.15) is 5.56 Å². The molecule has 2 amide bonds. The number of methoxy groups -OCH3 is 3. The third-order valence-corrected chi connectivity index (χ3v) is 4.52. The molecule has 9 heteroatoms. The normalized spacial score (nSPS) is 15.4. The van der Waals surface area contributed by atoms with Gasteiger partial charge in [0.15, 0.2) is 5.11 Å². The maximum absolute atomic E-state index is 14.3. The monoisotopic (exact) mass is 416 g/mol. The summed E-state index contributed by atoms with van der Waals surface area (Å²) in [6.45, 7) is 0. The molecule has 150 valence electrons. The number of hydrogen-bond donors (Lipinski definition) is 1. The van der Waals surface area contributed by atoms with Crippen molar-refractivity contribution < 1.29 is 28.2 Å². The van der Waals surface area contributed by atoms with E-state index in [0.29, 0.717) is 22.8 Å². The van der Waals surface area contributed by atoms with Gasteiger partial charge in [0, 0.05) is 12.1 Å². The van der Waals surface area contributed by atoms with Crippen molar-refractivity contribution in [1.82, 2.24) is 5.32 Å². The second kappa shape index (κ2) is 8.27. The first-order valence-corrected chi connectivity index (χ1v) is 8.78. The van der Waals surface area contributed by atoms with Crippen LogP contribution in [0.4, 0.5) is 10.1 Å². The van der Waals surface area contributed by atoms with E-state index in [1.165, 1.54) is 45.6 Å². The van der Waals surface area contributed by atoms with Gasteiger partial charge < -0.3 is 14.2 Å². The summed E-state index contributed by atoms with van der Waals surface area (Å²) in [7, 11) is 4.34. The molecule has 0 aromatic heterocycles. The number of anilines is 1. The maximum atomic E-state index is 14.3. The van der Waals surface area contributed by atoms with Crippen molar-refractivity contribution in [1.29, 1.82) is 0 Å². The topological polar surface area (TPSA) is 77.1 Å². The molecule has 1 aliphatic heterocycles. The summed E-state index contributed by atoms with van der Waals surface area (Å²) in [5.41, 5.74) is 0.0151. The molecule has 0 saturated carbocycles. The lowest BCUT2D eigenvalue weighted by Gasteiger charge is -2.29. The fourth-order valence-electron chi connectivity index (χ4n) is 2.83. The number of nitrogens with zero attached hydrogens (tertiary/aromatic N) is 1. The number of rotatable bonds is 5. The van der Waals surface area contributed by atoms with Crippen LogP contribution in [0.25, 0.3) is 6.08 Å². The van der Waals surface area contributed by atoms with Crippen LogP contribution in [0.15, 0.2) is 42.0 Å². The van der Waals surface area contributed by atoms with Crippen LogP contribution in [0.3, 0.4) is 0 Å². The molecule has 0 bridgehead atoms. The van der Waals surface area contributed by atoms with Crippen LogP contribution >= 0.6 is 12.2 Å². The van der Waals surface area contributed by atoms with E-state index in [9.17, 15) is 14.0 Å². The zero-order valence-corrected chi connectivity index (χ0v) is 16.6. The third-order valence-electron chi connectivity index (χ3n) is 4.24. The SMILES string of the molecule is COc1cc(OC)c(/C=C2/C(=O)NC(=S)N(c3ccccc3F)C2=O)c(OC)c1. The van der Waals surface area contributed by atoms with Crippen LogP contribution in [0.5, 0.6) is 17.2 Å². The lowest BCUT2D eigenvalue weighted by atomic mass is 10.0. The van der Waals surface area contributed by atoms with Gasteiger partial charge in [0.1, 0.15) is 28.6 Å². The number of halogens is 1. The smallest absolute Gasteiger partial charge is 0.270 e. The van der Waals surface area contributed by atoms with Gasteiger partial charge in [0.2, 0.25) is 0 Å². The second-order valence-electron chi connectivity index (χ2n) is 5.85. The first-order chi connectivity index (χ1) is 13.9. The Kier molecular flexibility index (Phi) is 5.79. The molecule has 0 unspecified atom stereocenters. The maximum Gasteiger partial charge on any atom is 0.270 e. The minimum atomic E-state index is -0.774. The summed E-state index contributed by atoms with van der Waals surface area (Å²) in [5.74, 6) is -1.04. The number of nitrogens with one attached hydrogen (secondary N) is 1. The lowest BCUT2D eigenvalue weighted by molar-refractivity contribution is -0.122. The Hall–Kier alpha value is -3.46. The summed E-state index contributed by atoms with van der Waals surface area (Å²) in [5, 5.41) is 2.20. The van der Waals surface area contributed by atoms with Gasteiger partial charge in [-0.1, -0.05) is 12.1 Å². The standard InChI is InChI=1S/C20H17FN2O5S/c1-26-11-8-16(27-2)12(17(9-11)28-3)10-13-18(24)22-20(29)23(19(13)25)15-7-5-4-6-14(15)21/h4-10H,1-3H3,(H,22,24,29)/b13-10-. The fraction of sp³-hybridized carbons (Fsp3) is 0.150. The number of benzene rings is 2. The van der Waals surface area contributed by atoms with Crippen LogP contribution in [-0.4, -0.2) is 38.3 Å². The van der Waals surface area contributed by atoms with Crippen molar-refractivity contribution in [3.63, 3.8) is 0 Å². The van der Waals surface area contributed by atoms with Crippen molar-refractivity contribution in [2.75, 3.05) is 26.2 Å².